The molecule has 3 nitrogen and oxygen atoms in total. The Hall–Kier alpha value is -1.51. The van der Waals surface area contributed by atoms with Crippen LogP contribution in [0.15, 0.2) is 24.3 Å². The largest absolute Gasteiger partial charge is 0.497 e. The molecule has 1 atom stereocenters. The summed E-state index contributed by atoms with van der Waals surface area (Å²) in [7, 11) is 1.59. The lowest BCUT2D eigenvalue weighted by atomic mass is 10.1. The minimum absolute atomic E-state index is 0.0555. The van der Waals surface area contributed by atoms with Gasteiger partial charge in [-0.3, -0.25) is 4.79 Å². The molecule has 1 aromatic rings. The highest BCUT2D eigenvalue weighted by molar-refractivity contribution is 5.94. The summed E-state index contributed by atoms with van der Waals surface area (Å²) in [6.45, 7) is 6.16. The zero-order valence-electron chi connectivity index (χ0n) is 10.3. The SMILES string of the molecule is COc1cccc(C(=O)N[C@H](C)C(C)C)c1. The number of amides is 1. The second-order valence-electron chi connectivity index (χ2n) is 4.24. The molecule has 88 valence electrons. The number of nitrogens with one attached hydrogen (secondary N) is 1. The maximum absolute atomic E-state index is 11.9. The summed E-state index contributed by atoms with van der Waals surface area (Å²) < 4.78 is 5.08. The second kappa shape index (κ2) is 5.54. The lowest BCUT2D eigenvalue weighted by Crippen LogP contribution is -2.36. The highest BCUT2D eigenvalue weighted by Crippen LogP contribution is 2.13. The van der Waals surface area contributed by atoms with E-state index in [1.54, 1.807) is 19.2 Å². The Morgan fingerprint density at radius 1 is 1.31 bits per heavy atom. The summed E-state index contributed by atoms with van der Waals surface area (Å²) in [5.74, 6) is 1.07. The first-order chi connectivity index (χ1) is 7.54. The monoisotopic (exact) mass is 221 g/mol. The predicted octanol–water partition coefficient (Wildman–Crippen LogP) is 2.47. The van der Waals surface area contributed by atoms with Gasteiger partial charge in [0.2, 0.25) is 0 Å². The fourth-order valence-corrected chi connectivity index (χ4v) is 1.22. The zero-order valence-corrected chi connectivity index (χ0v) is 10.3. The van der Waals surface area contributed by atoms with E-state index < -0.39 is 0 Å². The molecule has 3 heteroatoms. The van der Waals surface area contributed by atoms with E-state index in [0.29, 0.717) is 17.2 Å². The number of carbonyl (C=O) groups excluding carboxylic acids is 1. The number of carbonyl (C=O) groups is 1. The number of methoxy groups -OCH3 is 1. The van der Waals surface area contributed by atoms with Crippen LogP contribution in [-0.4, -0.2) is 19.1 Å². The normalized spacial score (nSPS) is 12.3. The van der Waals surface area contributed by atoms with Gasteiger partial charge in [-0.15, -0.1) is 0 Å². The molecule has 1 amide bonds. The van der Waals surface area contributed by atoms with Crippen LogP contribution >= 0.6 is 0 Å². The Bertz CT molecular complexity index is 361. The third-order valence-electron chi connectivity index (χ3n) is 2.69. The number of hydrogen-bond donors (Lipinski definition) is 1. The van der Waals surface area contributed by atoms with Crippen molar-refractivity contribution in [2.45, 2.75) is 26.8 Å². The zero-order chi connectivity index (χ0) is 12.1. The van der Waals surface area contributed by atoms with E-state index in [1.807, 2.05) is 19.1 Å². The first-order valence-corrected chi connectivity index (χ1v) is 5.49. The van der Waals surface area contributed by atoms with Crippen LogP contribution in [0.1, 0.15) is 31.1 Å². The minimum Gasteiger partial charge on any atom is -0.497 e. The molecule has 0 unspecified atom stereocenters. The molecule has 16 heavy (non-hydrogen) atoms. The van der Waals surface area contributed by atoms with Crippen molar-refractivity contribution in [2.75, 3.05) is 7.11 Å². The van der Waals surface area contributed by atoms with Crippen molar-refractivity contribution >= 4 is 5.91 Å². The third kappa shape index (κ3) is 3.26. The van der Waals surface area contributed by atoms with E-state index >= 15 is 0 Å². The van der Waals surface area contributed by atoms with Crippen LogP contribution in [0.3, 0.4) is 0 Å². The molecule has 0 aromatic heterocycles. The Morgan fingerprint density at radius 3 is 2.56 bits per heavy atom. The highest BCUT2D eigenvalue weighted by atomic mass is 16.5. The summed E-state index contributed by atoms with van der Waals surface area (Å²) in [4.78, 5) is 11.9. The number of ether oxygens (including phenoxy) is 1. The van der Waals surface area contributed by atoms with Gasteiger partial charge in [0.25, 0.3) is 5.91 Å². The van der Waals surface area contributed by atoms with Crippen molar-refractivity contribution in [3.05, 3.63) is 29.8 Å². The van der Waals surface area contributed by atoms with Gasteiger partial charge >= 0.3 is 0 Å². The Balaban J connectivity index is 2.72. The Morgan fingerprint density at radius 2 is 2.00 bits per heavy atom. The van der Waals surface area contributed by atoms with Gasteiger partial charge in [-0.1, -0.05) is 19.9 Å². The summed E-state index contributed by atoms with van der Waals surface area (Å²) in [5, 5.41) is 2.95. The molecule has 0 saturated heterocycles. The summed E-state index contributed by atoms with van der Waals surface area (Å²) in [5.41, 5.74) is 0.631. The van der Waals surface area contributed by atoms with Crippen LogP contribution in [-0.2, 0) is 0 Å². The quantitative estimate of drug-likeness (QED) is 0.848. The summed E-state index contributed by atoms with van der Waals surface area (Å²) in [6.07, 6.45) is 0. The molecule has 0 fully saturated rings. The number of hydrogen-bond acceptors (Lipinski definition) is 2. The van der Waals surface area contributed by atoms with Crippen molar-refractivity contribution in [1.82, 2.24) is 5.32 Å². The van der Waals surface area contributed by atoms with Crippen LogP contribution in [0.5, 0.6) is 5.75 Å². The van der Waals surface area contributed by atoms with Crippen LogP contribution in [0.2, 0.25) is 0 Å². The lowest BCUT2D eigenvalue weighted by molar-refractivity contribution is 0.0930. The maximum Gasteiger partial charge on any atom is 0.251 e. The summed E-state index contributed by atoms with van der Waals surface area (Å²) in [6, 6.07) is 7.32. The van der Waals surface area contributed by atoms with Crippen molar-refractivity contribution in [2.24, 2.45) is 5.92 Å². The first kappa shape index (κ1) is 12.6. The van der Waals surface area contributed by atoms with Gasteiger partial charge in [0.05, 0.1) is 7.11 Å². The van der Waals surface area contributed by atoms with Gasteiger partial charge in [-0.2, -0.15) is 0 Å². The molecule has 0 aliphatic heterocycles. The molecule has 0 aliphatic rings. The van der Waals surface area contributed by atoms with Crippen LogP contribution in [0.25, 0.3) is 0 Å². The van der Waals surface area contributed by atoms with Gasteiger partial charge in [-0.05, 0) is 31.0 Å². The van der Waals surface area contributed by atoms with E-state index in [-0.39, 0.29) is 11.9 Å². The fourth-order valence-electron chi connectivity index (χ4n) is 1.22. The topological polar surface area (TPSA) is 38.3 Å². The van der Waals surface area contributed by atoms with Crippen molar-refractivity contribution in [1.29, 1.82) is 0 Å². The molecule has 0 spiro atoms. The van der Waals surface area contributed by atoms with Crippen LogP contribution in [0.4, 0.5) is 0 Å². The number of benzene rings is 1. The second-order valence-corrected chi connectivity index (χ2v) is 4.24. The predicted molar refractivity (Wildman–Crippen MR) is 64.8 cm³/mol. The molecule has 0 radical (unpaired) electrons. The van der Waals surface area contributed by atoms with Gasteiger partial charge in [0.1, 0.15) is 5.75 Å². The molecular weight excluding hydrogens is 202 g/mol. The molecule has 1 aromatic carbocycles. The molecule has 0 heterocycles. The smallest absolute Gasteiger partial charge is 0.251 e. The van der Waals surface area contributed by atoms with Gasteiger partial charge in [0.15, 0.2) is 0 Å². The Kier molecular flexibility index (Phi) is 4.35. The van der Waals surface area contributed by atoms with Crippen molar-refractivity contribution < 1.29 is 9.53 Å². The molecule has 0 bridgehead atoms. The van der Waals surface area contributed by atoms with Gasteiger partial charge < -0.3 is 10.1 Å². The molecule has 1 N–H and O–H groups in total. The minimum atomic E-state index is -0.0555. The van der Waals surface area contributed by atoms with Crippen molar-refractivity contribution in [3.8, 4) is 5.75 Å². The average Bonchev–Trinajstić information content (AvgIpc) is 2.28. The van der Waals surface area contributed by atoms with E-state index in [2.05, 4.69) is 19.2 Å². The Labute approximate surface area is 96.8 Å². The molecule has 0 saturated carbocycles. The average molecular weight is 221 g/mol. The van der Waals surface area contributed by atoms with Gasteiger partial charge in [-0.25, -0.2) is 0 Å². The van der Waals surface area contributed by atoms with Crippen LogP contribution in [0, 0.1) is 5.92 Å². The van der Waals surface area contributed by atoms with E-state index in [9.17, 15) is 4.79 Å². The van der Waals surface area contributed by atoms with Crippen molar-refractivity contribution in [3.63, 3.8) is 0 Å². The summed E-state index contributed by atoms with van der Waals surface area (Å²) >= 11 is 0. The van der Waals surface area contributed by atoms with Gasteiger partial charge in [0, 0.05) is 11.6 Å². The van der Waals surface area contributed by atoms with Crippen LogP contribution < -0.4 is 10.1 Å². The third-order valence-corrected chi connectivity index (χ3v) is 2.69. The fraction of sp³-hybridized carbons (Fsp3) is 0.462. The first-order valence-electron chi connectivity index (χ1n) is 5.49. The molecule has 0 aliphatic carbocycles. The lowest BCUT2D eigenvalue weighted by Gasteiger charge is -2.17. The van der Waals surface area contributed by atoms with E-state index in [4.69, 9.17) is 4.74 Å². The maximum atomic E-state index is 11.9. The molecule has 1 rings (SSSR count). The highest BCUT2D eigenvalue weighted by Gasteiger charge is 2.12. The number of rotatable bonds is 4. The molecular formula is C13H19NO2. The van der Waals surface area contributed by atoms with E-state index in [0.717, 1.165) is 0 Å². The van der Waals surface area contributed by atoms with E-state index in [1.165, 1.54) is 0 Å². The standard InChI is InChI=1S/C13H19NO2/c1-9(2)10(3)14-13(15)11-6-5-7-12(8-11)16-4/h5-10H,1-4H3,(H,14,15)/t10-/m1/s1.